The van der Waals surface area contributed by atoms with Crippen LogP contribution in [0.4, 0.5) is 0 Å². The molecular formula is C12H20N4S. The monoisotopic (exact) mass is 252 g/mol. The van der Waals surface area contributed by atoms with E-state index < -0.39 is 0 Å². The molecule has 1 N–H and O–H groups in total. The minimum absolute atomic E-state index is 0.790. The van der Waals surface area contributed by atoms with E-state index in [1.807, 2.05) is 0 Å². The molecule has 2 aliphatic heterocycles. The number of piperazine rings is 1. The van der Waals surface area contributed by atoms with Crippen LogP contribution < -0.4 is 5.32 Å². The lowest BCUT2D eigenvalue weighted by Gasteiger charge is -2.46. The maximum atomic E-state index is 4.52. The molecular weight excluding hydrogens is 232 g/mol. The summed E-state index contributed by atoms with van der Waals surface area (Å²) >= 11 is 1.79. The van der Waals surface area contributed by atoms with Gasteiger partial charge in [-0.25, -0.2) is 4.98 Å². The van der Waals surface area contributed by atoms with E-state index in [0.29, 0.717) is 0 Å². The Balaban J connectivity index is 1.45. The number of nitrogens with one attached hydrogen (secondary N) is 1. The minimum atomic E-state index is 0.790. The minimum Gasteiger partial charge on any atom is -0.314 e. The molecule has 2 saturated heterocycles. The molecule has 0 aromatic carbocycles. The highest BCUT2D eigenvalue weighted by Crippen LogP contribution is 2.19. The molecule has 4 nitrogen and oxygen atoms in total. The Kier molecular flexibility index (Phi) is 3.42. The maximum absolute atomic E-state index is 4.52. The first kappa shape index (κ1) is 11.6. The molecule has 0 saturated carbocycles. The fourth-order valence-corrected chi connectivity index (χ4v) is 3.43. The quantitative estimate of drug-likeness (QED) is 0.851. The summed E-state index contributed by atoms with van der Waals surface area (Å²) in [5.41, 5.74) is 1.16. The molecule has 0 aliphatic carbocycles. The summed E-state index contributed by atoms with van der Waals surface area (Å²) < 4.78 is 0. The van der Waals surface area contributed by atoms with Gasteiger partial charge >= 0.3 is 0 Å². The zero-order valence-corrected chi connectivity index (χ0v) is 11.2. The molecule has 0 amide bonds. The number of aryl methyl sites for hydroxylation is 1. The largest absolute Gasteiger partial charge is 0.314 e. The van der Waals surface area contributed by atoms with Crippen molar-refractivity contribution in [3.8, 4) is 0 Å². The number of likely N-dealkylation sites (tertiary alicyclic amines) is 1. The smallest absolute Gasteiger partial charge is 0.107 e. The van der Waals surface area contributed by atoms with E-state index in [9.17, 15) is 0 Å². The van der Waals surface area contributed by atoms with E-state index >= 15 is 0 Å². The van der Waals surface area contributed by atoms with Gasteiger partial charge in [-0.2, -0.15) is 0 Å². The number of hydrogen-bond acceptors (Lipinski definition) is 5. The molecule has 2 aliphatic rings. The summed E-state index contributed by atoms with van der Waals surface area (Å²) in [5.74, 6) is 0. The second-order valence-corrected chi connectivity index (χ2v) is 5.96. The van der Waals surface area contributed by atoms with Crippen LogP contribution in [0, 0.1) is 6.92 Å². The van der Waals surface area contributed by atoms with E-state index in [-0.39, 0.29) is 0 Å². The molecule has 1 aromatic rings. The first-order valence-electron chi connectivity index (χ1n) is 6.39. The van der Waals surface area contributed by atoms with Crippen molar-refractivity contribution in [2.45, 2.75) is 19.5 Å². The Morgan fingerprint density at radius 3 is 2.82 bits per heavy atom. The van der Waals surface area contributed by atoms with Gasteiger partial charge in [0.25, 0.3) is 0 Å². The van der Waals surface area contributed by atoms with Crippen molar-refractivity contribution in [3.63, 3.8) is 0 Å². The summed E-state index contributed by atoms with van der Waals surface area (Å²) in [5, 5.41) is 6.81. The molecule has 0 unspecified atom stereocenters. The highest BCUT2D eigenvalue weighted by Gasteiger charge is 2.32. The van der Waals surface area contributed by atoms with Crippen molar-refractivity contribution in [1.29, 1.82) is 0 Å². The van der Waals surface area contributed by atoms with E-state index in [2.05, 4.69) is 32.4 Å². The van der Waals surface area contributed by atoms with Gasteiger partial charge in [-0.15, -0.1) is 11.3 Å². The molecule has 94 valence electrons. The zero-order chi connectivity index (χ0) is 11.7. The van der Waals surface area contributed by atoms with Gasteiger partial charge in [0.15, 0.2) is 0 Å². The first-order chi connectivity index (χ1) is 8.31. The molecule has 5 heteroatoms. The van der Waals surface area contributed by atoms with Gasteiger partial charge in [0.2, 0.25) is 0 Å². The second kappa shape index (κ2) is 5.02. The summed E-state index contributed by atoms with van der Waals surface area (Å²) in [4.78, 5) is 9.65. The topological polar surface area (TPSA) is 31.4 Å². The second-order valence-electron chi connectivity index (χ2n) is 5.02. The Bertz CT molecular complexity index is 366. The average Bonchev–Trinajstić information content (AvgIpc) is 2.70. The predicted octanol–water partition coefficient (Wildman–Crippen LogP) is 0.541. The number of hydrogen-bond donors (Lipinski definition) is 1. The Hall–Kier alpha value is -0.490. The van der Waals surface area contributed by atoms with Crippen molar-refractivity contribution in [3.05, 3.63) is 16.1 Å². The lowest BCUT2D eigenvalue weighted by atomic mass is 10.1. The Morgan fingerprint density at radius 2 is 2.18 bits per heavy atom. The van der Waals surface area contributed by atoms with Crippen molar-refractivity contribution >= 4 is 11.3 Å². The molecule has 17 heavy (non-hydrogen) atoms. The highest BCUT2D eigenvalue weighted by molar-refractivity contribution is 7.09. The third-order valence-corrected chi connectivity index (χ3v) is 4.58. The molecule has 0 spiro atoms. The van der Waals surface area contributed by atoms with Gasteiger partial charge in [0, 0.05) is 56.4 Å². The van der Waals surface area contributed by atoms with Crippen LogP contribution in [-0.4, -0.2) is 60.1 Å². The normalized spacial score (nSPS) is 23.8. The standard InChI is InChI=1S/C12H20N4S/c1-10-9-17-12(14-10)8-15-6-11(7-15)16-4-2-13-3-5-16/h9,11,13H,2-8H2,1H3. The van der Waals surface area contributed by atoms with Crippen LogP contribution in [0.2, 0.25) is 0 Å². The Labute approximate surface area is 107 Å². The number of aromatic nitrogens is 1. The molecule has 0 bridgehead atoms. The van der Waals surface area contributed by atoms with Crippen LogP contribution in [0.25, 0.3) is 0 Å². The lowest BCUT2D eigenvalue weighted by molar-refractivity contribution is 0.0222. The molecule has 3 heterocycles. The molecule has 0 atom stereocenters. The predicted molar refractivity (Wildman–Crippen MR) is 70.4 cm³/mol. The van der Waals surface area contributed by atoms with Crippen molar-refractivity contribution in [1.82, 2.24) is 20.1 Å². The van der Waals surface area contributed by atoms with E-state index in [1.54, 1.807) is 11.3 Å². The summed E-state index contributed by atoms with van der Waals surface area (Å²) in [6, 6.07) is 0.790. The van der Waals surface area contributed by atoms with Gasteiger partial charge < -0.3 is 5.32 Å². The third-order valence-electron chi connectivity index (χ3n) is 3.63. The van der Waals surface area contributed by atoms with E-state index in [1.165, 1.54) is 31.2 Å². The molecule has 3 rings (SSSR count). The molecule has 0 radical (unpaired) electrons. The van der Waals surface area contributed by atoms with Gasteiger partial charge in [-0.3, -0.25) is 9.80 Å². The molecule has 1 aromatic heterocycles. The van der Waals surface area contributed by atoms with Crippen LogP contribution in [0.15, 0.2) is 5.38 Å². The van der Waals surface area contributed by atoms with Crippen molar-refractivity contribution < 1.29 is 0 Å². The fourth-order valence-electron chi connectivity index (χ4n) is 2.62. The van der Waals surface area contributed by atoms with Crippen LogP contribution in [0.3, 0.4) is 0 Å². The zero-order valence-electron chi connectivity index (χ0n) is 10.4. The third kappa shape index (κ3) is 2.68. The average molecular weight is 252 g/mol. The van der Waals surface area contributed by atoms with Crippen LogP contribution in [0.1, 0.15) is 10.7 Å². The van der Waals surface area contributed by atoms with E-state index in [4.69, 9.17) is 0 Å². The van der Waals surface area contributed by atoms with Gasteiger partial charge in [0.05, 0.1) is 6.54 Å². The Morgan fingerprint density at radius 1 is 1.41 bits per heavy atom. The summed E-state index contributed by atoms with van der Waals surface area (Å²) in [6.07, 6.45) is 0. The SMILES string of the molecule is Cc1csc(CN2CC(N3CCNCC3)C2)n1. The van der Waals surface area contributed by atoms with Crippen LogP contribution in [0.5, 0.6) is 0 Å². The van der Waals surface area contributed by atoms with E-state index in [0.717, 1.165) is 31.4 Å². The number of rotatable bonds is 3. The van der Waals surface area contributed by atoms with Crippen LogP contribution >= 0.6 is 11.3 Å². The van der Waals surface area contributed by atoms with Gasteiger partial charge in [0.1, 0.15) is 5.01 Å². The highest BCUT2D eigenvalue weighted by atomic mass is 32.1. The van der Waals surface area contributed by atoms with Crippen LogP contribution in [-0.2, 0) is 6.54 Å². The number of thiazole rings is 1. The number of nitrogens with zero attached hydrogens (tertiary/aromatic N) is 3. The van der Waals surface area contributed by atoms with Crippen molar-refractivity contribution in [2.24, 2.45) is 0 Å². The lowest BCUT2D eigenvalue weighted by Crippen LogP contribution is -2.62. The first-order valence-corrected chi connectivity index (χ1v) is 7.27. The maximum Gasteiger partial charge on any atom is 0.107 e. The van der Waals surface area contributed by atoms with Gasteiger partial charge in [-0.05, 0) is 6.92 Å². The summed E-state index contributed by atoms with van der Waals surface area (Å²) in [6.45, 7) is 10.3. The summed E-state index contributed by atoms with van der Waals surface area (Å²) in [7, 11) is 0. The van der Waals surface area contributed by atoms with Crippen molar-refractivity contribution in [2.75, 3.05) is 39.3 Å². The van der Waals surface area contributed by atoms with Gasteiger partial charge in [-0.1, -0.05) is 0 Å². The fraction of sp³-hybridized carbons (Fsp3) is 0.750. The molecule has 2 fully saturated rings.